The fourth-order valence-corrected chi connectivity index (χ4v) is 0.952. The highest BCUT2D eigenvalue weighted by Gasteiger charge is 2.10. The van der Waals surface area contributed by atoms with Crippen LogP contribution in [0.25, 0.3) is 0 Å². The quantitative estimate of drug-likeness (QED) is 0.643. The van der Waals surface area contributed by atoms with Gasteiger partial charge >= 0.3 is 0 Å². The highest BCUT2D eigenvalue weighted by Crippen LogP contribution is 2.13. The molecule has 0 radical (unpaired) electrons. The Kier molecular flexibility index (Phi) is 1.99. The molecule has 0 atom stereocenters. The molecule has 1 rings (SSSR count). The van der Waals surface area contributed by atoms with Crippen LogP contribution in [0.3, 0.4) is 0 Å². The number of nitrogens with two attached hydrogens (primary N) is 1. The Labute approximate surface area is 69.8 Å². The zero-order valence-electron chi connectivity index (χ0n) is 6.97. The Morgan fingerprint density at radius 2 is 1.92 bits per heavy atom. The van der Waals surface area contributed by atoms with E-state index < -0.39 is 0 Å². The first-order valence-electron chi connectivity index (χ1n) is 3.52. The summed E-state index contributed by atoms with van der Waals surface area (Å²) in [5, 5.41) is 0. The van der Waals surface area contributed by atoms with Crippen LogP contribution in [0.15, 0.2) is 6.07 Å². The molecule has 0 spiro atoms. The Balaban J connectivity index is 3.17. The average molecular weight is 166 g/mol. The topological polar surface area (TPSA) is 76.0 Å². The number of carbonyl (C=O) groups is 2. The SMILES string of the molecule is CC(=O)c1cc(N)c(C(C)=O)[nH]1. The molecule has 64 valence electrons. The van der Waals surface area contributed by atoms with E-state index in [4.69, 9.17) is 5.73 Å². The lowest BCUT2D eigenvalue weighted by Gasteiger charge is -1.90. The van der Waals surface area contributed by atoms with Crippen molar-refractivity contribution < 1.29 is 9.59 Å². The molecule has 0 aliphatic heterocycles. The molecule has 0 saturated carbocycles. The van der Waals surface area contributed by atoms with Crippen LogP contribution < -0.4 is 5.73 Å². The van der Waals surface area contributed by atoms with E-state index in [0.717, 1.165) is 0 Å². The Bertz CT molecular complexity index is 339. The second kappa shape index (κ2) is 2.81. The van der Waals surface area contributed by atoms with Crippen LogP contribution in [0, 0.1) is 0 Å². The van der Waals surface area contributed by atoms with Crippen molar-refractivity contribution in [3.05, 3.63) is 17.5 Å². The van der Waals surface area contributed by atoms with Crippen LogP contribution in [0.4, 0.5) is 5.69 Å². The summed E-state index contributed by atoms with van der Waals surface area (Å²) in [6.45, 7) is 2.81. The van der Waals surface area contributed by atoms with Crippen LogP contribution in [0.2, 0.25) is 0 Å². The van der Waals surface area contributed by atoms with Gasteiger partial charge in [-0.05, 0) is 6.07 Å². The molecule has 1 aromatic rings. The van der Waals surface area contributed by atoms with Gasteiger partial charge in [-0.15, -0.1) is 0 Å². The molecule has 0 bridgehead atoms. The fraction of sp³-hybridized carbons (Fsp3) is 0.250. The highest BCUT2D eigenvalue weighted by molar-refractivity contribution is 6.01. The van der Waals surface area contributed by atoms with E-state index in [2.05, 4.69) is 4.98 Å². The number of anilines is 1. The maximum Gasteiger partial charge on any atom is 0.178 e. The first-order valence-corrected chi connectivity index (χ1v) is 3.52. The minimum atomic E-state index is -0.167. The van der Waals surface area contributed by atoms with E-state index in [-0.39, 0.29) is 11.6 Å². The monoisotopic (exact) mass is 166 g/mol. The van der Waals surface area contributed by atoms with Crippen molar-refractivity contribution in [2.75, 3.05) is 5.73 Å². The van der Waals surface area contributed by atoms with Crippen molar-refractivity contribution >= 4 is 17.3 Å². The summed E-state index contributed by atoms with van der Waals surface area (Å²) in [4.78, 5) is 24.4. The molecule has 0 fully saturated rings. The lowest BCUT2D eigenvalue weighted by Crippen LogP contribution is -1.98. The Morgan fingerprint density at radius 3 is 2.17 bits per heavy atom. The second-order valence-electron chi connectivity index (χ2n) is 2.63. The van der Waals surface area contributed by atoms with Crippen LogP contribution in [0.1, 0.15) is 34.8 Å². The van der Waals surface area contributed by atoms with Gasteiger partial charge in [-0.1, -0.05) is 0 Å². The third-order valence-corrected chi connectivity index (χ3v) is 1.58. The van der Waals surface area contributed by atoms with E-state index >= 15 is 0 Å². The number of carbonyl (C=O) groups excluding carboxylic acids is 2. The van der Waals surface area contributed by atoms with Crippen LogP contribution >= 0.6 is 0 Å². The van der Waals surface area contributed by atoms with E-state index in [9.17, 15) is 9.59 Å². The van der Waals surface area contributed by atoms with Crippen molar-refractivity contribution in [3.8, 4) is 0 Å². The first kappa shape index (κ1) is 8.52. The first-order chi connectivity index (χ1) is 5.52. The number of ketones is 2. The summed E-state index contributed by atoms with van der Waals surface area (Å²) in [5.74, 6) is -0.297. The predicted octanol–water partition coefficient (Wildman–Crippen LogP) is 1.00. The lowest BCUT2D eigenvalue weighted by molar-refractivity contribution is 0.101. The third kappa shape index (κ3) is 1.37. The van der Waals surface area contributed by atoms with E-state index in [1.807, 2.05) is 0 Å². The summed E-state index contributed by atoms with van der Waals surface area (Å²) in [6, 6.07) is 1.47. The largest absolute Gasteiger partial charge is 0.397 e. The van der Waals surface area contributed by atoms with Gasteiger partial charge in [0.1, 0.15) is 5.69 Å². The molecule has 0 aliphatic rings. The minimum Gasteiger partial charge on any atom is -0.397 e. The molecule has 1 heterocycles. The number of H-pyrrole nitrogens is 1. The van der Waals surface area contributed by atoms with Crippen LogP contribution in [-0.4, -0.2) is 16.6 Å². The van der Waals surface area contributed by atoms with Gasteiger partial charge in [0.2, 0.25) is 0 Å². The van der Waals surface area contributed by atoms with E-state index in [0.29, 0.717) is 17.1 Å². The summed E-state index contributed by atoms with van der Waals surface area (Å²) in [5.41, 5.74) is 6.48. The molecule has 0 saturated heterocycles. The highest BCUT2D eigenvalue weighted by atomic mass is 16.1. The number of rotatable bonds is 2. The molecule has 12 heavy (non-hydrogen) atoms. The second-order valence-corrected chi connectivity index (χ2v) is 2.63. The molecule has 4 heteroatoms. The summed E-state index contributed by atoms with van der Waals surface area (Å²) in [7, 11) is 0. The maximum atomic E-state index is 10.9. The minimum absolute atomic E-state index is 0.130. The van der Waals surface area contributed by atoms with Crippen molar-refractivity contribution in [3.63, 3.8) is 0 Å². The average Bonchev–Trinajstić information content (AvgIpc) is 2.30. The normalized spacial score (nSPS) is 9.83. The van der Waals surface area contributed by atoms with Crippen molar-refractivity contribution in [1.82, 2.24) is 4.98 Å². The molecule has 0 unspecified atom stereocenters. The standard InChI is InChI=1S/C8H10N2O2/c1-4(11)7-3-6(9)8(10-7)5(2)12/h3,10H,9H2,1-2H3. The van der Waals surface area contributed by atoms with Gasteiger partial charge < -0.3 is 10.7 Å². The third-order valence-electron chi connectivity index (χ3n) is 1.58. The van der Waals surface area contributed by atoms with Gasteiger partial charge in [0.15, 0.2) is 11.6 Å². The zero-order valence-corrected chi connectivity index (χ0v) is 6.97. The predicted molar refractivity (Wildman–Crippen MR) is 45.2 cm³/mol. The van der Waals surface area contributed by atoms with Gasteiger partial charge in [0.25, 0.3) is 0 Å². The van der Waals surface area contributed by atoms with Crippen LogP contribution in [-0.2, 0) is 0 Å². The van der Waals surface area contributed by atoms with Crippen LogP contribution in [0.5, 0.6) is 0 Å². The summed E-state index contributed by atoms with van der Waals surface area (Å²) >= 11 is 0. The number of nitrogen functional groups attached to an aromatic ring is 1. The number of hydrogen-bond acceptors (Lipinski definition) is 3. The van der Waals surface area contributed by atoms with Gasteiger partial charge in [0.05, 0.1) is 11.4 Å². The molecule has 1 aromatic heterocycles. The number of aromatic nitrogens is 1. The summed E-state index contributed by atoms with van der Waals surface area (Å²) in [6.07, 6.45) is 0. The number of aromatic amines is 1. The van der Waals surface area contributed by atoms with Gasteiger partial charge in [0, 0.05) is 13.8 Å². The van der Waals surface area contributed by atoms with E-state index in [1.165, 1.54) is 19.9 Å². The fourth-order valence-electron chi connectivity index (χ4n) is 0.952. The molecular weight excluding hydrogens is 156 g/mol. The molecule has 3 N–H and O–H groups in total. The molecule has 0 aromatic carbocycles. The van der Waals surface area contributed by atoms with Gasteiger partial charge in [-0.2, -0.15) is 0 Å². The number of hydrogen-bond donors (Lipinski definition) is 2. The molecule has 4 nitrogen and oxygen atoms in total. The molecular formula is C8H10N2O2. The van der Waals surface area contributed by atoms with Crippen molar-refractivity contribution in [2.24, 2.45) is 0 Å². The Morgan fingerprint density at radius 1 is 1.33 bits per heavy atom. The number of Topliss-reactive ketones (excluding diaryl/α,β-unsaturated/α-hetero) is 2. The lowest BCUT2D eigenvalue weighted by atomic mass is 10.3. The number of nitrogens with one attached hydrogen (secondary N) is 1. The molecule has 0 amide bonds. The van der Waals surface area contributed by atoms with Crippen molar-refractivity contribution in [1.29, 1.82) is 0 Å². The smallest absolute Gasteiger partial charge is 0.178 e. The zero-order chi connectivity index (χ0) is 9.30. The van der Waals surface area contributed by atoms with Crippen molar-refractivity contribution in [2.45, 2.75) is 13.8 Å². The summed E-state index contributed by atoms with van der Waals surface area (Å²) < 4.78 is 0. The van der Waals surface area contributed by atoms with Gasteiger partial charge in [-0.25, -0.2) is 0 Å². The maximum absolute atomic E-state index is 10.9. The van der Waals surface area contributed by atoms with Gasteiger partial charge in [-0.3, -0.25) is 9.59 Å². The van der Waals surface area contributed by atoms with E-state index in [1.54, 1.807) is 0 Å². The molecule has 0 aliphatic carbocycles. The Hall–Kier alpha value is -1.58.